The van der Waals surface area contributed by atoms with Crippen LogP contribution in [-0.2, 0) is 0 Å². The molecule has 0 radical (unpaired) electrons. The van der Waals surface area contributed by atoms with E-state index in [0.29, 0.717) is 0 Å². The second-order valence-corrected chi connectivity index (χ2v) is 4.24. The maximum Gasteiger partial charge on any atom is 0.338 e. The van der Waals surface area contributed by atoms with Gasteiger partial charge in [-0.15, -0.1) is 0 Å². The van der Waals surface area contributed by atoms with Gasteiger partial charge in [0.1, 0.15) is 17.3 Å². The van der Waals surface area contributed by atoms with Crippen molar-refractivity contribution in [3.05, 3.63) is 58.9 Å². The number of anilines is 1. The highest BCUT2D eigenvalue weighted by Crippen LogP contribution is 2.20. The molecule has 0 saturated carbocycles. The van der Waals surface area contributed by atoms with Crippen molar-refractivity contribution in [2.45, 2.75) is 6.92 Å². The fourth-order valence-electron chi connectivity index (χ4n) is 1.68. The van der Waals surface area contributed by atoms with Gasteiger partial charge in [-0.05, 0) is 30.7 Å². The molecule has 0 saturated heterocycles. The van der Waals surface area contributed by atoms with E-state index in [1.54, 1.807) is 0 Å². The van der Waals surface area contributed by atoms with Gasteiger partial charge in [0, 0.05) is 12.3 Å². The summed E-state index contributed by atoms with van der Waals surface area (Å²) in [5.41, 5.74) is -1.01. The van der Waals surface area contributed by atoms with Crippen LogP contribution in [0.25, 0.3) is 0 Å². The van der Waals surface area contributed by atoms with E-state index < -0.39 is 23.5 Å². The molecule has 1 aromatic carbocycles. The highest BCUT2D eigenvalue weighted by atomic mass is 19.1. The number of pyridine rings is 1. The molecule has 0 aliphatic carbocycles. The molecular formula is C14H10F2N2O3. The van der Waals surface area contributed by atoms with Crippen LogP contribution in [0.2, 0.25) is 0 Å². The van der Waals surface area contributed by atoms with Gasteiger partial charge in [-0.3, -0.25) is 9.78 Å². The van der Waals surface area contributed by atoms with Gasteiger partial charge in [-0.2, -0.15) is 0 Å². The second-order valence-electron chi connectivity index (χ2n) is 4.24. The number of nitrogens with one attached hydrogen (secondary N) is 1. The molecule has 0 atom stereocenters. The zero-order valence-electron chi connectivity index (χ0n) is 10.9. The molecule has 0 fully saturated rings. The monoisotopic (exact) mass is 292 g/mol. The third-order valence-corrected chi connectivity index (χ3v) is 2.75. The fourth-order valence-corrected chi connectivity index (χ4v) is 1.68. The molecule has 2 rings (SSSR count). The summed E-state index contributed by atoms with van der Waals surface area (Å²) in [5.74, 6) is -3.79. The lowest BCUT2D eigenvalue weighted by molar-refractivity contribution is 0.0691. The van der Waals surface area contributed by atoms with E-state index in [4.69, 9.17) is 5.11 Å². The molecule has 0 bridgehead atoms. The van der Waals surface area contributed by atoms with Crippen LogP contribution in [0.1, 0.15) is 26.4 Å². The second kappa shape index (κ2) is 5.66. The van der Waals surface area contributed by atoms with Crippen LogP contribution in [0.3, 0.4) is 0 Å². The number of halogens is 2. The molecule has 0 spiro atoms. The van der Waals surface area contributed by atoms with Crippen LogP contribution in [0.4, 0.5) is 14.5 Å². The van der Waals surface area contributed by atoms with E-state index in [9.17, 15) is 18.4 Å². The third kappa shape index (κ3) is 3.02. The van der Waals surface area contributed by atoms with Crippen LogP contribution in [-0.4, -0.2) is 22.0 Å². The van der Waals surface area contributed by atoms with Crippen molar-refractivity contribution in [2.24, 2.45) is 0 Å². The number of aromatic nitrogens is 1. The Morgan fingerprint density at radius 2 is 1.95 bits per heavy atom. The number of carboxylic acids is 1. The molecule has 0 aliphatic heterocycles. The average molecular weight is 292 g/mol. The van der Waals surface area contributed by atoms with Crippen molar-refractivity contribution in [1.82, 2.24) is 4.98 Å². The van der Waals surface area contributed by atoms with Gasteiger partial charge in [0.05, 0.1) is 11.3 Å². The zero-order chi connectivity index (χ0) is 15.6. The Hall–Kier alpha value is -2.83. The summed E-state index contributed by atoms with van der Waals surface area (Å²) in [5, 5.41) is 11.1. The predicted molar refractivity (Wildman–Crippen MR) is 70.2 cm³/mol. The maximum atomic E-state index is 13.6. The molecule has 1 aromatic heterocycles. The van der Waals surface area contributed by atoms with Crippen LogP contribution in [0, 0.1) is 18.6 Å². The van der Waals surface area contributed by atoms with E-state index in [-0.39, 0.29) is 22.5 Å². The maximum absolute atomic E-state index is 13.6. The Morgan fingerprint density at radius 1 is 1.24 bits per heavy atom. The molecule has 2 N–H and O–H groups in total. The number of benzene rings is 1. The summed E-state index contributed by atoms with van der Waals surface area (Å²) in [7, 11) is 0. The van der Waals surface area contributed by atoms with Crippen LogP contribution in [0.5, 0.6) is 0 Å². The molecule has 21 heavy (non-hydrogen) atoms. The number of carboxylic acid groups (broad SMARTS) is 1. The predicted octanol–water partition coefficient (Wildman–Crippen LogP) is 2.62. The number of amides is 1. The molecular weight excluding hydrogens is 282 g/mol. The van der Waals surface area contributed by atoms with Crippen molar-refractivity contribution in [1.29, 1.82) is 0 Å². The molecule has 7 heteroatoms. The molecule has 0 unspecified atom stereocenters. The van der Waals surface area contributed by atoms with Gasteiger partial charge in [-0.1, -0.05) is 0 Å². The summed E-state index contributed by atoms with van der Waals surface area (Å²) in [6, 6.07) is 4.30. The lowest BCUT2D eigenvalue weighted by Crippen LogP contribution is -2.19. The summed E-state index contributed by atoms with van der Waals surface area (Å²) in [6.45, 7) is 1.38. The van der Waals surface area contributed by atoms with Gasteiger partial charge in [-0.25, -0.2) is 13.6 Å². The van der Waals surface area contributed by atoms with Crippen LogP contribution < -0.4 is 5.32 Å². The lowest BCUT2D eigenvalue weighted by atomic mass is 10.1. The van der Waals surface area contributed by atoms with Crippen molar-refractivity contribution < 1.29 is 23.5 Å². The fraction of sp³-hybridized carbons (Fsp3) is 0.0714. The minimum Gasteiger partial charge on any atom is -0.478 e. The van der Waals surface area contributed by atoms with E-state index in [1.807, 2.05) is 0 Å². The number of rotatable bonds is 3. The van der Waals surface area contributed by atoms with Gasteiger partial charge >= 0.3 is 5.97 Å². The van der Waals surface area contributed by atoms with Crippen molar-refractivity contribution in [3.63, 3.8) is 0 Å². The summed E-state index contributed by atoms with van der Waals surface area (Å²) in [6.07, 6.45) is 1.23. The Kier molecular flexibility index (Phi) is 3.93. The highest BCUT2D eigenvalue weighted by Gasteiger charge is 2.19. The smallest absolute Gasteiger partial charge is 0.338 e. The van der Waals surface area contributed by atoms with Crippen molar-refractivity contribution in [3.8, 4) is 0 Å². The first-order valence-electron chi connectivity index (χ1n) is 5.85. The van der Waals surface area contributed by atoms with Gasteiger partial charge in [0.25, 0.3) is 5.91 Å². The zero-order valence-corrected chi connectivity index (χ0v) is 10.9. The molecule has 1 amide bonds. The van der Waals surface area contributed by atoms with E-state index >= 15 is 0 Å². The number of aryl methyl sites for hydroxylation is 1. The largest absolute Gasteiger partial charge is 0.478 e. The minimum atomic E-state index is -1.34. The summed E-state index contributed by atoms with van der Waals surface area (Å²) < 4.78 is 27.0. The number of nitrogens with zero attached hydrogens (tertiary/aromatic N) is 1. The highest BCUT2D eigenvalue weighted by molar-refractivity contribution is 6.09. The Balaban J connectivity index is 2.35. The number of aromatic carboxylic acids is 1. The number of hydrogen-bond donors (Lipinski definition) is 2. The number of carbonyl (C=O) groups is 2. The minimum absolute atomic E-state index is 0.0922. The van der Waals surface area contributed by atoms with E-state index in [1.165, 1.54) is 25.3 Å². The number of carbonyl (C=O) groups excluding carboxylic acids is 1. The topological polar surface area (TPSA) is 79.3 Å². The average Bonchev–Trinajstić information content (AvgIpc) is 2.44. The normalized spacial score (nSPS) is 10.2. The Morgan fingerprint density at radius 3 is 2.62 bits per heavy atom. The van der Waals surface area contributed by atoms with Gasteiger partial charge in [0.15, 0.2) is 0 Å². The molecule has 108 valence electrons. The van der Waals surface area contributed by atoms with Crippen molar-refractivity contribution >= 4 is 17.6 Å². The van der Waals surface area contributed by atoms with Gasteiger partial charge in [0.2, 0.25) is 0 Å². The van der Waals surface area contributed by atoms with Crippen molar-refractivity contribution in [2.75, 3.05) is 5.32 Å². The van der Waals surface area contributed by atoms with E-state index in [2.05, 4.69) is 10.3 Å². The van der Waals surface area contributed by atoms with Gasteiger partial charge < -0.3 is 10.4 Å². The first-order valence-corrected chi connectivity index (χ1v) is 5.85. The standard InChI is InChI=1S/C14H10F2N2O3/c1-7-5-10(16)11(6-9(7)15)18-13(19)12-8(14(20)21)3-2-4-17-12/h2-6H,1H3,(H,18,19)(H,20,21). The lowest BCUT2D eigenvalue weighted by Gasteiger charge is -2.09. The van der Waals surface area contributed by atoms with Crippen LogP contribution in [0.15, 0.2) is 30.5 Å². The Labute approximate surface area is 118 Å². The molecule has 1 heterocycles. The van der Waals surface area contributed by atoms with Crippen LogP contribution >= 0.6 is 0 Å². The Bertz CT molecular complexity index is 732. The summed E-state index contributed by atoms with van der Waals surface area (Å²) in [4.78, 5) is 26.6. The molecule has 2 aromatic rings. The first kappa shape index (κ1) is 14.6. The number of hydrogen-bond acceptors (Lipinski definition) is 3. The molecule has 0 aliphatic rings. The van der Waals surface area contributed by atoms with E-state index in [0.717, 1.165) is 12.1 Å². The summed E-state index contributed by atoms with van der Waals surface area (Å²) >= 11 is 0. The quantitative estimate of drug-likeness (QED) is 0.911. The third-order valence-electron chi connectivity index (χ3n) is 2.75. The molecule has 5 nitrogen and oxygen atoms in total. The SMILES string of the molecule is Cc1cc(F)c(NC(=O)c2ncccc2C(=O)O)cc1F. The first-order chi connectivity index (χ1) is 9.90.